The quantitative estimate of drug-likeness (QED) is 0.663. The Balaban J connectivity index is 2.68. The Morgan fingerprint density at radius 2 is 2.29 bits per heavy atom. The summed E-state index contributed by atoms with van der Waals surface area (Å²) in [6.07, 6.45) is 2.03. The summed E-state index contributed by atoms with van der Waals surface area (Å²) in [7, 11) is 0. The van der Waals surface area contributed by atoms with Crippen LogP contribution in [0.2, 0.25) is 0 Å². The second-order valence-corrected chi connectivity index (χ2v) is 3.14. The van der Waals surface area contributed by atoms with E-state index in [9.17, 15) is 0 Å². The summed E-state index contributed by atoms with van der Waals surface area (Å²) in [6.45, 7) is 3.05. The minimum atomic E-state index is -2.18. The largest absolute Gasteiger partial charge is 0.256 e. The van der Waals surface area contributed by atoms with Crippen molar-refractivity contribution >= 4 is 5.57 Å². The molecule has 1 heterocycles. The van der Waals surface area contributed by atoms with Crippen LogP contribution in [0.25, 0.3) is 5.57 Å². The van der Waals surface area contributed by atoms with Crippen molar-refractivity contribution in [1.82, 2.24) is 4.98 Å². The van der Waals surface area contributed by atoms with Crippen molar-refractivity contribution in [3.8, 4) is 0 Å². The highest BCUT2D eigenvalue weighted by molar-refractivity contribution is 5.60. The molecule has 1 aromatic heterocycles. The van der Waals surface area contributed by atoms with Crippen LogP contribution < -0.4 is 0 Å². The summed E-state index contributed by atoms with van der Waals surface area (Å²) in [5.74, 6) is 0. The van der Waals surface area contributed by atoms with Crippen molar-refractivity contribution in [2.45, 2.75) is 26.5 Å². The third kappa shape index (κ3) is 3.17. The molecule has 0 spiro atoms. The van der Waals surface area contributed by atoms with E-state index in [1.165, 1.54) is 12.3 Å². The molecule has 1 aromatic rings. The van der Waals surface area contributed by atoms with Gasteiger partial charge in [0.05, 0.1) is 5.69 Å². The van der Waals surface area contributed by atoms with Gasteiger partial charge in [-0.25, -0.2) is 0 Å². The van der Waals surface area contributed by atoms with Gasteiger partial charge in [-0.3, -0.25) is 4.98 Å². The number of pyridine rings is 1. The summed E-state index contributed by atoms with van der Waals surface area (Å²) in [4.78, 5) is 4.06. The van der Waals surface area contributed by atoms with Gasteiger partial charge >= 0.3 is 0 Å². The number of rotatable bonds is 4. The molecule has 1 nitrogen and oxygen atoms in total. The highest BCUT2D eigenvalue weighted by Crippen LogP contribution is 2.17. The van der Waals surface area contributed by atoms with E-state index in [1.54, 1.807) is 6.07 Å². The lowest BCUT2D eigenvalue weighted by Gasteiger charge is -2.04. The molecular formula is C13H17N. The lowest BCUT2D eigenvalue weighted by atomic mass is 10.0. The Morgan fingerprint density at radius 3 is 2.86 bits per heavy atom. The number of hydrogen-bond donors (Lipinski definition) is 0. The molecule has 1 rings (SSSR count). The zero-order chi connectivity index (χ0) is 15.6. The molecule has 74 valence electrons. The SMILES string of the molecule is [2H]C([2H])([2H])C(=C)CCC(=C)c1ccc(C([2H])([2H])[2H])cn1. The van der Waals surface area contributed by atoms with E-state index < -0.39 is 13.7 Å². The first-order valence-corrected chi connectivity index (χ1v) is 4.35. The first-order valence-electron chi connectivity index (χ1n) is 7.35. The van der Waals surface area contributed by atoms with Crippen molar-refractivity contribution in [3.05, 3.63) is 48.3 Å². The van der Waals surface area contributed by atoms with Crippen molar-refractivity contribution in [2.75, 3.05) is 0 Å². The molecule has 0 aliphatic heterocycles. The summed E-state index contributed by atoms with van der Waals surface area (Å²) >= 11 is 0. The van der Waals surface area contributed by atoms with E-state index in [0.717, 1.165) is 0 Å². The molecule has 0 atom stereocenters. The highest BCUT2D eigenvalue weighted by atomic mass is 14.7. The van der Waals surface area contributed by atoms with Crippen LogP contribution in [0.5, 0.6) is 0 Å². The predicted octanol–water partition coefficient (Wildman–Crippen LogP) is 3.76. The maximum atomic E-state index is 7.25. The molecule has 0 aliphatic rings. The molecule has 0 bridgehead atoms. The van der Waals surface area contributed by atoms with Crippen LogP contribution in [-0.4, -0.2) is 4.98 Å². The average molecular weight is 193 g/mol. The van der Waals surface area contributed by atoms with Crippen LogP contribution >= 0.6 is 0 Å². The maximum absolute atomic E-state index is 7.25. The van der Waals surface area contributed by atoms with E-state index in [1.807, 2.05) is 0 Å². The number of aromatic nitrogens is 1. The molecule has 0 saturated heterocycles. The normalized spacial score (nSPS) is 18.0. The van der Waals surface area contributed by atoms with Crippen LogP contribution in [0.15, 0.2) is 37.1 Å². The minimum Gasteiger partial charge on any atom is -0.256 e. The Labute approximate surface area is 94.6 Å². The fourth-order valence-corrected chi connectivity index (χ4v) is 1.03. The van der Waals surface area contributed by atoms with Gasteiger partial charge in [0.15, 0.2) is 0 Å². The van der Waals surface area contributed by atoms with E-state index >= 15 is 0 Å². The maximum Gasteiger partial charge on any atom is 0.0655 e. The van der Waals surface area contributed by atoms with Gasteiger partial charge in [-0.15, -0.1) is 6.58 Å². The van der Waals surface area contributed by atoms with Crippen LogP contribution in [0.3, 0.4) is 0 Å². The fraction of sp³-hybridized carbons (Fsp3) is 0.308. The Morgan fingerprint density at radius 1 is 1.43 bits per heavy atom. The molecule has 0 N–H and O–H groups in total. The van der Waals surface area contributed by atoms with E-state index in [-0.39, 0.29) is 11.1 Å². The van der Waals surface area contributed by atoms with Gasteiger partial charge in [0.1, 0.15) is 0 Å². The second-order valence-electron chi connectivity index (χ2n) is 3.14. The zero-order valence-corrected chi connectivity index (χ0v) is 8.01. The van der Waals surface area contributed by atoms with Crippen LogP contribution in [-0.2, 0) is 0 Å². The lowest BCUT2D eigenvalue weighted by molar-refractivity contribution is 0.990. The Bertz CT molecular complexity index is 495. The Hall–Kier alpha value is -1.37. The predicted molar refractivity (Wildman–Crippen MR) is 62.1 cm³/mol. The molecule has 0 saturated carbocycles. The highest BCUT2D eigenvalue weighted by Gasteiger charge is 1.99. The lowest BCUT2D eigenvalue weighted by Crippen LogP contribution is -1.89. The number of hydrogen-bond acceptors (Lipinski definition) is 1. The van der Waals surface area contributed by atoms with Gasteiger partial charge in [0, 0.05) is 14.4 Å². The molecule has 0 amide bonds. The van der Waals surface area contributed by atoms with Gasteiger partial charge in [-0.1, -0.05) is 18.2 Å². The van der Waals surface area contributed by atoms with Crippen LogP contribution in [0.4, 0.5) is 0 Å². The van der Waals surface area contributed by atoms with Gasteiger partial charge in [0.25, 0.3) is 0 Å². The van der Waals surface area contributed by atoms with Crippen molar-refractivity contribution in [3.63, 3.8) is 0 Å². The molecular weight excluding hydrogens is 170 g/mol. The van der Waals surface area contributed by atoms with Crippen molar-refractivity contribution in [1.29, 1.82) is 0 Å². The molecule has 14 heavy (non-hydrogen) atoms. The third-order valence-electron chi connectivity index (χ3n) is 1.85. The van der Waals surface area contributed by atoms with Crippen LogP contribution in [0.1, 0.15) is 39.2 Å². The summed E-state index contributed by atoms with van der Waals surface area (Å²) in [5.41, 5.74) is 1.57. The standard InChI is InChI=1S/C13H17N/c1-10(2)5-7-12(4)13-8-6-11(3)9-14-13/h6,8-9H,1,4-5,7H2,2-3H3/i2D3,3D3. The topological polar surface area (TPSA) is 12.9 Å². The van der Waals surface area contributed by atoms with E-state index in [4.69, 9.17) is 8.22 Å². The molecule has 0 aromatic carbocycles. The first kappa shape index (κ1) is 4.92. The molecule has 0 aliphatic carbocycles. The minimum absolute atomic E-state index is 0.168. The van der Waals surface area contributed by atoms with E-state index in [0.29, 0.717) is 24.1 Å². The first-order chi connectivity index (χ1) is 9.01. The van der Waals surface area contributed by atoms with Gasteiger partial charge in [-0.05, 0) is 43.7 Å². The molecule has 1 heteroatoms. The number of aryl methyl sites for hydroxylation is 1. The molecule has 0 unspecified atom stereocenters. The van der Waals surface area contributed by atoms with Crippen molar-refractivity contribution in [2.24, 2.45) is 0 Å². The van der Waals surface area contributed by atoms with Gasteiger partial charge < -0.3 is 0 Å². The second kappa shape index (κ2) is 4.75. The smallest absolute Gasteiger partial charge is 0.0655 e. The van der Waals surface area contributed by atoms with Crippen molar-refractivity contribution < 1.29 is 8.22 Å². The average Bonchev–Trinajstić information content (AvgIpc) is 2.33. The van der Waals surface area contributed by atoms with E-state index in [2.05, 4.69) is 18.1 Å². The Kier molecular flexibility index (Phi) is 1.67. The van der Waals surface area contributed by atoms with Gasteiger partial charge in [0.2, 0.25) is 0 Å². The number of allylic oxidation sites excluding steroid dienone is 2. The number of nitrogens with zero attached hydrogens (tertiary/aromatic N) is 1. The van der Waals surface area contributed by atoms with Crippen LogP contribution in [0, 0.1) is 6.85 Å². The fourth-order valence-electron chi connectivity index (χ4n) is 1.03. The molecule has 0 radical (unpaired) electrons. The van der Waals surface area contributed by atoms with Gasteiger partial charge in [-0.2, -0.15) is 0 Å². The third-order valence-corrected chi connectivity index (χ3v) is 1.85. The molecule has 0 fully saturated rings. The summed E-state index contributed by atoms with van der Waals surface area (Å²) in [6, 6.07) is 3.07. The zero-order valence-electron chi connectivity index (χ0n) is 14.0. The summed E-state index contributed by atoms with van der Waals surface area (Å²) < 4.78 is 43.4. The monoisotopic (exact) mass is 193 g/mol. The summed E-state index contributed by atoms with van der Waals surface area (Å²) in [5, 5.41) is 0.